The Bertz CT molecular complexity index is 1280. The number of hydrogen-bond acceptors (Lipinski definition) is 6. The number of amides is 1. The van der Waals surface area contributed by atoms with Crippen molar-refractivity contribution in [3.63, 3.8) is 0 Å². The molecule has 1 amide bonds. The SMILES string of the molecule is CCOc1ccccc1/C=N/NC(=O)CSc1nnc(-c2ccccc2)n1-c1ccc(Br)cc1. The third-order valence-electron chi connectivity index (χ3n) is 4.69. The van der Waals surface area contributed by atoms with Crippen LogP contribution in [0.4, 0.5) is 0 Å². The molecule has 3 aromatic carbocycles. The van der Waals surface area contributed by atoms with Crippen LogP contribution >= 0.6 is 27.7 Å². The zero-order chi connectivity index (χ0) is 23.8. The first-order chi connectivity index (χ1) is 16.7. The van der Waals surface area contributed by atoms with Crippen LogP contribution in [0.15, 0.2) is 93.6 Å². The molecule has 4 aromatic rings. The molecule has 34 heavy (non-hydrogen) atoms. The second kappa shape index (κ2) is 11.6. The predicted octanol–water partition coefficient (Wildman–Crippen LogP) is 5.34. The van der Waals surface area contributed by atoms with E-state index >= 15 is 0 Å². The van der Waals surface area contributed by atoms with Gasteiger partial charge in [-0.3, -0.25) is 9.36 Å². The van der Waals surface area contributed by atoms with Gasteiger partial charge in [-0.1, -0.05) is 70.2 Å². The predicted molar refractivity (Wildman–Crippen MR) is 139 cm³/mol. The summed E-state index contributed by atoms with van der Waals surface area (Å²) in [7, 11) is 0. The van der Waals surface area contributed by atoms with Gasteiger partial charge in [0, 0.05) is 21.3 Å². The lowest BCUT2D eigenvalue weighted by Crippen LogP contribution is -2.20. The van der Waals surface area contributed by atoms with Crippen LogP contribution in [0.1, 0.15) is 12.5 Å². The Morgan fingerprint density at radius 3 is 2.56 bits per heavy atom. The van der Waals surface area contributed by atoms with Gasteiger partial charge < -0.3 is 4.74 Å². The van der Waals surface area contributed by atoms with E-state index in [0.29, 0.717) is 23.3 Å². The summed E-state index contributed by atoms with van der Waals surface area (Å²) in [6, 6.07) is 25.2. The molecule has 0 aliphatic heterocycles. The summed E-state index contributed by atoms with van der Waals surface area (Å²) in [4.78, 5) is 12.4. The minimum atomic E-state index is -0.248. The van der Waals surface area contributed by atoms with E-state index in [4.69, 9.17) is 4.74 Å². The Kier molecular flexibility index (Phi) is 8.11. The smallest absolute Gasteiger partial charge is 0.250 e. The van der Waals surface area contributed by atoms with Crippen molar-refractivity contribution in [1.82, 2.24) is 20.2 Å². The average molecular weight is 536 g/mol. The Hall–Kier alpha value is -3.43. The van der Waals surface area contributed by atoms with Gasteiger partial charge in [-0.2, -0.15) is 5.10 Å². The van der Waals surface area contributed by atoms with Gasteiger partial charge in [0.1, 0.15) is 5.75 Å². The van der Waals surface area contributed by atoms with Crippen LogP contribution in [0.3, 0.4) is 0 Å². The van der Waals surface area contributed by atoms with E-state index < -0.39 is 0 Å². The lowest BCUT2D eigenvalue weighted by atomic mass is 10.2. The summed E-state index contributed by atoms with van der Waals surface area (Å²) in [5, 5.41) is 13.4. The standard InChI is InChI=1S/C25H22BrN5O2S/c1-2-33-22-11-7-6-10-19(22)16-27-28-23(32)17-34-25-30-29-24(18-8-4-3-5-9-18)31(25)21-14-12-20(26)13-15-21/h3-16H,2,17H2,1H3,(H,28,32)/b27-16+. The van der Waals surface area contributed by atoms with Crippen LogP contribution in [-0.2, 0) is 4.79 Å². The number of carbonyl (C=O) groups excluding carboxylic acids is 1. The number of benzene rings is 3. The molecule has 0 saturated heterocycles. The van der Waals surface area contributed by atoms with Crippen molar-refractivity contribution < 1.29 is 9.53 Å². The number of thioether (sulfide) groups is 1. The summed E-state index contributed by atoms with van der Waals surface area (Å²) in [6.07, 6.45) is 1.57. The van der Waals surface area contributed by atoms with Crippen LogP contribution in [0, 0.1) is 0 Å². The maximum Gasteiger partial charge on any atom is 0.250 e. The average Bonchev–Trinajstić information content (AvgIpc) is 3.29. The van der Waals surface area contributed by atoms with Gasteiger partial charge in [0.15, 0.2) is 11.0 Å². The van der Waals surface area contributed by atoms with Gasteiger partial charge in [0.05, 0.1) is 18.6 Å². The van der Waals surface area contributed by atoms with Crippen molar-refractivity contribution in [2.45, 2.75) is 12.1 Å². The molecule has 1 N–H and O–H groups in total. The summed E-state index contributed by atoms with van der Waals surface area (Å²) in [5.41, 5.74) is 5.20. The van der Waals surface area contributed by atoms with Crippen molar-refractivity contribution in [3.8, 4) is 22.8 Å². The third kappa shape index (κ3) is 5.92. The number of rotatable bonds is 9. The van der Waals surface area contributed by atoms with Crippen molar-refractivity contribution in [2.75, 3.05) is 12.4 Å². The highest BCUT2D eigenvalue weighted by Crippen LogP contribution is 2.28. The molecule has 0 atom stereocenters. The highest BCUT2D eigenvalue weighted by atomic mass is 79.9. The van der Waals surface area contributed by atoms with E-state index in [-0.39, 0.29) is 11.7 Å². The molecule has 0 radical (unpaired) electrons. The second-order valence-electron chi connectivity index (χ2n) is 7.04. The molecule has 1 aromatic heterocycles. The van der Waals surface area contributed by atoms with Crippen LogP contribution in [-0.4, -0.2) is 39.2 Å². The molecule has 0 aliphatic carbocycles. The topological polar surface area (TPSA) is 81.4 Å². The fourth-order valence-electron chi connectivity index (χ4n) is 3.17. The number of para-hydroxylation sites is 1. The van der Waals surface area contributed by atoms with Gasteiger partial charge in [-0.25, -0.2) is 5.43 Å². The molecule has 0 unspecified atom stereocenters. The van der Waals surface area contributed by atoms with E-state index in [0.717, 1.165) is 21.3 Å². The number of ether oxygens (including phenoxy) is 1. The molecule has 1 heterocycles. The van der Waals surface area contributed by atoms with Crippen molar-refractivity contribution in [1.29, 1.82) is 0 Å². The van der Waals surface area contributed by atoms with E-state index in [1.165, 1.54) is 11.8 Å². The van der Waals surface area contributed by atoms with Gasteiger partial charge in [0.2, 0.25) is 0 Å². The number of nitrogens with one attached hydrogen (secondary N) is 1. The van der Waals surface area contributed by atoms with E-state index in [1.54, 1.807) is 6.21 Å². The molecular formula is C25H22BrN5O2S. The molecule has 0 fully saturated rings. The second-order valence-corrected chi connectivity index (χ2v) is 8.89. The Labute approximate surface area is 210 Å². The first-order valence-corrected chi connectivity index (χ1v) is 12.4. The summed E-state index contributed by atoms with van der Waals surface area (Å²) in [6.45, 7) is 2.47. The summed E-state index contributed by atoms with van der Waals surface area (Å²) in [5.74, 6) is 1.31. The molecule has 7 nitrogen and oxygen atoms in total. The Morgan fingerprint density at radius 1 is 1.06 bits per heavy atom. The first-order valence-electron chi connectivity index (χ1n) is 10.6. The fourth-order valence-corrected chi connectivity index (χ4v) is 4.18. The number of hydrazone groups is 1. The number of aromatic nitrogens is 3. The zero-order valence-corrected chi connectivity index (χ0v) is 20.8. The molecular weight excluding hydrogens is 514 g/mol. The highest BCUT2D eigenvalue weighted by Gasteiger charge is 2.17. The minimum absolute atomic E-state index is 0.133. The molecule has 4 rings (SSSR count). The number of carbonyl (C=O) groups is 1. The molecule has 0 spiro atoms. The molecule has 0 saturated carbocycles. The lowest BCUT2D eigenvalue weighted by Gasteiger charge is -2.10. The highest BCUT2D eigenvalue weighted by molar-refractivity contribution is 9.10. The summed E-state index contributed by atoms with van der Waals surface area (Å²) < 4.78 is 8.49. The van der Waals surface area contributed by atoms with Gasteiger partial charge in [-0.15, -0.1) is 10.2 Å². The van der Waals surface area contributed by atoms with Crippen LogP contribution in [0.25, 0.3) is 17.1 Å². The van der Waals surface area contributed by atoms with Gasteiger partial charge >= 0.3 is 0 Å². The number of nitrogens with zero attached hydrogens (tertiary/aromatic N) is 4. The first kappa shape index (κ1) is 23.7. The Balaban J connectivity index is 1.48. The van der Waals surface area contributed by atoms with Crippen LogP contribution < -0.4 is 10.2 Å². The molecule has 9 heteroatoms. The maximum atomic E-state index is 12.4. The monoisotopic (exact) mass is 535 g/mol. The quantitative estimate of drug-likeness (QED) is 0.178. The van der Waals surface area contributed by atoms with E-state index in [1.807, 2.05) is 90.4 Å². The normalized spacial score (nSPS) is 11.0. The van der Waals surface area contributed by atoms with E-state index in [2.05, 4.69) is 36.7 Å². The maximum absolute atomic E-state index is 12.4. The zero-order valence-electron chi connectivity index (χ0n) is 18.4. The van der Waals surface area contributed by atoms with Crippen molar-refractivity contribution in [3.05, 3.63) is 88.9 Å². The lowest BCUT2D eigenvalue weighted by molar-refractivity contribution is -0.118. The molecule has 172 valence electrons. The third-order valence-corrected chi connectivity index (χ3v) is 6.15. The van der Waals surface area contributed by atoms with Gasteiger partial charge in [0.25, 0.3) is 5.91 Å². The van der Waals surface area contributed by atoms with Crippen LogP contribution in [0.5, 0.6) is 5.75 Å². The number of halogens is 1. The largest absolute Gasteiger partial charge is 0.493 e. The van der Waals surface area contributed by atoms with Gasteiger partial charge in [-0.05, 0) is 43.3 Å². The van der Waals surface area contributed by atoms with Crippen LogP contribution in [0.2, 0.25) is 0 Å². The fraction of sp³-hybridized carbons (Fsp3) is 0.120. The van der Waals surface area contributed by atoms with E-state index in [9.17, 15) is 4.79 Å². The van der Waals surface area contributed by atoms with Crippen molar-refractivity contribution in [2.24, 2.45) is 5.10 Å². The molecule has 0 bridgehead atoms. The van der Waals surface area contributed by atoms with Crippen molar-refractivity contribution >= 4 is 39.8 Å². The Morgan fingerprint density at radius 2 is 1.79 bits per heavy atom. The summed E-state index contributed by atoms with van der Waals surface area (Å²) >= 11 is 4.77. The molecule has 0 aliphatic rings. The minimum Gasteiger partial charge on any atom is -0.493 e. The number of hydrogen-bond donors (Lipinski definition) is 1.